The van der Waals surface area contributed by atoms with Crippen molar-refractivity contribution < 1.29 is 14.3 Å². The number of hydrogen-bond donors (Lipinski definition) is 2. The predicted molar refractivity (Wildman–Crippen MR) is 71.2 cm³/mol. The minimum atomic E-state index is -0.548. The quantitative estimate of drug-likeness (QED) is 0.639. The van der Waals surface area contributed by atoms with Crippen molar-refractivity contribution in [3.63, 3.8) is 0 Å². The van der Waals surface area contributed by atoms with E-state index in [1.54, 1.807) is 7.05 Å². The maximum Gasteiger partial charge on any atom is 0.322 e. The second-order valence-corrected chi connectivity index (χ2v) is 5.06. The van der Waals surface area contributed by atoms with Gasteiger partial charge in [0.25, 0.3) is 0 Å². The second-order valence-electron chi connectivity index (χ2n) is 5.06. The molecule has 0 aliphatic heterocycles. The van der Waals surface area contributed by atoms with Gasteiger partial charge >= 0.3 is 5.97 Å². The van der Waals surface area contributed by atoms with E-state index in [1.807, 2.05) is 13.8 Å². The van der Waals surface area contributed by atoms with Gasteiger partial charge in [-0.2, -0.15) is 0 Å². The zero-order valence-corrected chi connectivity index (χ0v) is 12.1. The Kier molecular flexibility index (Phi) is 7.59. The second kappa shape index (κ2) is 8.08. The number of carbonyl (C=O) groups is 2. The summed E-state index contributed by atoms with van der Waals surface area (Å²) in [5.41, 5.74) is -0.548. The van der Waals surface area contributed by atoms with E-state index >= 15 is 0 Å². The Morgan fingerprint density at radius 2 is 1.94 bits per heavy atom. The molecule has 106 valence electrons. The molecule has 0 aromatic rings. The van der Waals surface area contributed by atoms with Crippen molar-refractivity contribution in [1.29, 1.82) is 0 Å². The van der Waals surface area contributed by atoms with E-state index in [4.69, 9.17) is 4.74 Å². The maximum absolute atomic E-state index is 11.6. The third-order valence-electron chi connectivity index (χ3n) is 2.96. The van der Waals surface area contributed by atoms with Crippen molar-refractivity contribution in [1.82, 2.24) is 10.6 Å². The first kappa shape index (κ1) is 16.9. The number of unbranched alkanes of at least 4 members (excludes halogenated alkanes) is 1. The van der Waals surface area contributed by atoms with Crippen LogP contribution in [0.4, 0.5) is 0 Å². The van der Waals surface area contributed by atoms with E-state index in [2.05, 4.69) is 17.6 Å². The van der Waals surface area contributed by atoms with Crippen LogP contribution in [0.25, 0.3) is 0 Å². The van der Waals surface area contributed by atoms with E-state index in [1.165, 1.54) is 7.11 Å². The molecule has 0 rings (SSSR count). The molecule has 0 bridgehead atoms. The van der Waals surface area contributed by atoms with Gasteiger partial charge < -0.3 is 15.4 Å². The summed E-state index contributed by atoms with van der Waals surface area (Å²) in [6, 6.07) is -0.334. The fraction of sp³-hybridized carbons (Fsp3) is 0.846. The van der Waals surface area contributed by atoms with Crippen LogP contribution in [-0.2, 0) is 14.3 Å². The van der Waals surface area contributed by atoms with E-state index in [9.17, 15) is 9.59 Å². The SMILES string of the molecule is CCCCC(NCC(C)(C)C(=O)NC)C(=O)OC. The maximum atomic E-state index is 11.6. The lowest BCUT2D eigenvalue weighted by Gasteiger charge is -2.25. The Morgan fingerprint density at radius 1 is 1.33 bits per heavy atom. The molecule has 0 aromatic heterocycles. The molecule has 0 saturated heterocycles. The van der Waals surface area contributed by atoms with Crippen LogP contribution in [0, 0.1) is 5.41 Å². The van der Waals surface area contributed by atoms with Gasteiger partial charge in [-0.1, -0.05) is 19.8 Å². The van der Waals surface area contributed by atoms with Gasteiger partial charge in [0.15, 0.2) is 0 Å². The zero-order chi connectivity index (χ0) is 14.2. The molecule has 0 aliphatic carbocycles. The molecule has 0 saturated carbocycles. The standard InChI is InChI=1S/C13H26N2O3/c1-6-7-8-10(11(16)18-5)15-9-13(2,3)12(17)14-4/h10,15H,6-9H2,1-5H3,(H,14,17). The minimum Gasteiger partial charge on any atom is -0.468 e. The number of carbonyl (C=O) groups excluding carboxylic acids is 2. The molecule has 0 aliphatic rings. The summed E-state index contributed by atoms with van der Waals surface area (Å²) in [7, 11) is 2.99. The molecule has 1 atom stereocenters. The number of hydrogen-bond acceptors (Lipinski definition) is 4. The normalized spacial score (nSPS) is 12.9. The van der Waals surface area contributed by atoms with Crippen LogP contribution in [0.2, 0.25) is 0 Å². The summed E-state index contributed by atoms with van der Waals surface area (Å²) < 4.78 is 4.76. The van der Waals surface area contributed by atoms with Gasteiger partial charge in [0.2, 0.25) is 5.91 Å². The molecule has 1 amide bonds. The summed E-state index contributed by atoms with van der Waals surface area (Å²) in [5.74, 6) is -0.315. The average molecular weight is 258 g/mol. The van der Waals surface area contributed by atoms with E-state index in [0.29, 0.717) is 6.54 Å². The van der Waals surface area contributed by atoms with Crippen LogP contribution in [0.5, 0.6) is 0 Å². The third kappa shape index (κ3) is 5.49. The van der Waals surface area contributed by atoms with Crippen LogP contribution in [-0.4, -0.2) is 38.6 Å². The number of methoxy groups -OCH3 is 1. The highest BCUT2D eigenvalue weighted by molar-refractivity contribution is 5.82. The van der Waals surface area contributed by atoms with Crippen LogP contribution >= 0.6 is 0 Å². The molecule has 1 unspecified atom stereocenters. The van der Waals surface area contributed by atoms with E-state index in [0.717, 1.165) is 19.3 Å². The Hall–Kier alpha value is -1.10. The fourth-order valence-corrected chi connectivity index (χ4v) is 1.65. The van der Waals surface area contributed by atoms with Gasteiger partial charge in [0.05, 0.1) is 12.5 Å². The van der Waals surface area contributed by atoms with Gasteiger partial charge in [-0.15, -0.1) is 0 Å². The van der Waals surface area contributed by atoms with Crippen LogP contribution in [0.3, 0.4) is 0 Å². The largest absolute Gasteiger partial charge is 0.468 e. The van der Waals surface area contributed by atoms with E-state index in [-0.39, 0.29) is 17.9 Å². The molecular formula is C13H26N2O3. The highest BCUT2D eigenvalue weighted by Gasteiger charge is 2.29. The summed E-state index contributed by atoms with van der Waals surface area (Å²) in [4.78, 5) is 23.2. The molecule has 0 aromatic carbocycles. The lowest BCUT2D eigenvalue weighted by Crippen LogP contribution is -2.47. The molecule has 0 heterocycles. The van der Waals surface area contributed by atoms with Crippen molar-refractivity contribution in [2.45, 2.75) is 46.1 Å². The number of nitrogens with one attached hydrogen (secondary N) is 2. The minimum absolute atomic E-state index is 0.0471. The van der Waals surface area contributed by atoms with Gasteiger partial charge in [-0.05, 0) is 20.3 Å². The topological polar surface area (TPSA) is 67.4 Å². The summed E-state index contributed by atoms with van der Waals surface area (Å²) in [6.07, 6.45) is 2.70. The number of rotatable bonds is 8. The van der Waals surface area contributed by atoms with E-state index < -0.39 is 5.41 Å². The van der Waals surface area contributed by atoms with Crippen LogP contribution in [0.1, 0.15) is 40.0 Å². The van der Waals surface area contributed by atoms with Crippen LogP contribution < -0.4 is 10.6 Å². The molecule has 0 radical (unpaired) electrons. The van der Waals surface area contributed by atoms with Crippen molar-refractivity contribution in [2.75, 3.05) is 20.7 Å². The smallest absolute Gasteiger partial charge is 0.322 e. The molecule has 0 spiro atoms. The molecule has 5 nitrogen and oxygen atoms in total. The first-order valence-electron chi connectivity index (χ1n) is 6.42. The summed E-state index contributed by atoms with van der Waals surface area (Å²) >= 11 is 0. The number of ether oxygens (including phenoxy) is 1. The van der Waals surface area contributed by atoms with Crippen LogP contribution in [0.15, 0.2) is 0 Å². The third-order valence-corrected chi connectivity index (χ3v) is 2.96. The summed E-state index contributed by atoms with van der Waals surface area (Å²) in [6.45, 7) is 6.19. The lowest BCUT2D eigenvalue weighted by atomic mass is 9.91. The van der Waals surface area contributed by atoms with Crippen molar-refractivity contribution in [3.05, 3.63) is 0 Å². The van der Waals surface area contributed by atoms with Crippen molar-refractivity contribution in [3.8, 4) is 0 Å². The molecule has 5 heteroatoms. The molecule has 0 fully saturated rings. The average Bonchev–Trinajstić information content (AvgIpc) is 2.36. The monoisotopic (exact) mass is 258 g/mol. The highest BCUT2D eigenvalue weighted by atomic mass is 16.5. The van der Waals surface area contributed by atoms with Gasteiger partial charge in [0, 0.05) is 13.6 Å². The summed E-state index contributed by atoms with van der Waals surface area (Å²) in [5, 5.41) is 5.75. The van der Waals surface area contributed by atoms with Gasteiger partial charge in [-0.25, -0.2) is 0 Å². The first-order chi connectivity index (χ1) is 8.38. The number of amides is 1. The van der Waals surface area contributed by atoms with Crippen molar-refractivity contribution >= 4 is 11.9 Å². The van der Waals surface area contributed by atoms with Crippen molar-refractivity contribution in [2.24, 2.45) is 5.41 Å². The zero-order valence-electron chi connectivity index (χ0n) is 12.1. The molecule has 18 heavy (non-hydrogen) atoms. The first-order valence-corrected chi connectivity index (χ1v) is 6.42. The Balaban J connectivity index is 4.41. The Morgan fingerprint density at radius 3 is 2.39 bits per heavy atom. The highest BCUT2D eigenvalue weighted by Crippen LogP contribution is 2.14. The predicted octanol–water partition coefficient (Wildman–Crippen LogP) is 1.08. The fourth-order valence-electron chi connectivity index (χ4n) is 1.65. The lowest BCUT2D eigenvalue weighted by molar-refractivity contribution is -0.144. The number of esters is 1. The van der Waals surface area contributed by atoms with Gasteiger partial charge in [0.1, 0.15) is 6.04 Å². The molecular weight excluding hydrogens is 232 g/mol. The Labute approximate surface area is 110 Å². The molecule has 2 N–H and O–H groups in total. The van der Waals surface area contributed by atoms with Gasteiger partial charge in [-0.3, -0.25) is 9.59 Å². The Bertz CT molecular complexity index is 277.